The molecular formula is C12H11BrF3N3. The van der Waals surface area contributed by atoms with Gasteiger partial charge in [-0.15, -0.1) is 0 Å². The standard InChI is InChI=1S/C12H11BrF3N3/c1-7(17)9-3-2-8(6-10(9)13)19-5-4-11(18-19)12(14,15)16/h2-7H,17H2,1H3/t7-/m0/s1. The normalized spacial score (nSPS) is 13.6. The van der Waals surface area contributed by atoms with E-state index in [1.54, 1.807) is 18.2 Å². The van der Waals surface area contributed by atoms with Gasteiger partial charge in [0.25, 0.3) is 0 Å². The third-order valence-electron chi connectivity index (χ3n) is 2.62. The van der Waals surface area contributed by atoms with E-state index in [4.69, 9.17) is 5.73 Å². The number of hydrogen-bond donors (Lipinski definition) is 1. The molecule has 0 bridgehead atoms. The van der Waals surface area contributed by atoms with Crippen molar-refractivity contribution in [2.75, 3.05) is 0 Å². The van der Waals surface area contributed by atoms with Gasteiger partial charge in [-0.1, -0.05) is 22.0 Å². The average Bonchev–Trinajstić information content (AvgIpc) is 2.76. The molecule has 0 fully saturated rings. The smallest absolute Gasteiger partial charge is 0.324 e. The molecule has 0 radical (unpaired) electrons. The van der Waals surface area contributed by atoms with E-state index < -0.39 is 11.9 Å². The van der Waals surface area contributed by atoms with Crippen LogP contribution >= 0.6 is 15.9 Å². The van der Waals surface area contributed by atoms with Crippen molar-refractivity contribution in [1.29, 1.82) is 0 Å². The second-order valence-electron chi connectivity index (χ2n) is 4.14. The van der Waals surface area contributed by atoms with Crippen LogP contribution in [0.1, 0.15) is 24.2 Å². The van der Waals surface area contributed by atoms with Crippen LogP contribution < -0.4 is 5.73 Å². The number of halogens is 4. The molecule has 2 N–H and O–H groups in total. The van der Waals surface area contributed by atoms with Crippen LogP contribution in [-0.4, -0.2) is 9.78 Å². The quantitative estimate of drug-likeness (QED) is 0.911. The molecule has 0 aliphatic rings. The van der Waals surface area contributed by atoms with Crippen molar-refractivity contribution in [2.45, 2.75) is 19.1 Å². The molecule has 1 atom stereocenters. The Morgan fingerprint density at radius 3 is 2.47 bits per heavy atom. The zero-order valence-electron chi connectivity index (χ0n) is 9.95. The maximum atomic E-state index is 12.5. The summed E-state index contributed by atoms with van der Waals surface area (Å²) in [7, 11) is 0. The lowest BCUT2D eigenvalue weighted by molar-refractivity contribution is -0.141. The Kier molecular flexibility index (Phi) is 3.69. The molecule has 2 aromatic rings. The number of aromatic nitrogens is 2. The molecule has 1 aromatic carbocycles. The first-order chi connectivity index (χ1) is 8.79. The summed E-state index contributed by atoms with van der Waals surface area (Å²) in [4.78, 5) is 0. The Labute approximate surface area is 116 Å². The highest BCUT2D eigenvalue weighted by Crippen LogP contribution is 2.29. The maximum absolute atomic E-state index is 12.5. The Balaban J connectivity index is 2.38. The van der Waals surface area contributed by atoms with Gasteiger partial charge < -0.3 is 5.73 Å². The highest BCUT2D eigenvalue weighted by atomic mass is 79.9. The van der Waals surface area contributed by atoms with Crippen molar-refractivity contribution < 1.29 is 13.2 Å². The lowest BCUT2D eigenvalue weighted by Gasteiger charge is -2.10. The summed E-state index contributed by atoms with van der Waals surface area (Å²) in [6, 6.07) is 5.90. The molecule has 19 heavy (non-hydrogen) atoms. The van der Waals surface area contributed by atoms with Gasteiger partial charge in [-0.2, -0.15) is 18.3 Å². The van der Waals surface area contributed by atoms with Crippen molar-refractivity contribution in [3.63, 3.8) is 0 Å². The van der Waals surface area contributed by atoms with Crippen LogP contribution in [0.25, 0.3) is 5.69 Å². The van der Waals surface area contributed by atoms with Crippen LogP contribution in [0.3, 0.4) is 0 Å². The zero-order valence-corrected chi connectivity index (χ0v) is 11.5. The number of nitrogens with two attached hydrogens (primary N) is 1. The first kappa shape index (κ1) is 14.1. The second-order valence-corrected chi connectivity index (χ2v) is 4.99. The molecule has 1 heterocycles. The van der Waals surface area contributed by atoms with E-state index in [1.807, 2.05) is 6.92 Å². The molecule has 0 amide bonds. The summed E-state index contributed by atoms with van der Waals surface area (Å²) in [5, 5.41) is 3.51. The molecule has 0 aliphatic carbocycles. The number of nitrogens with zero attached hydrogens (tertiary/aromatic N) is 2. The van der Waals surface area contributed by atoms with Gasteiger partial charge in [-0.25, -0.2) is 4.68 Å². The van der Waals surface area contributed by atoms with Gasteiger partial charge in [0.2, 0.25) is 0 Å². The zero-order chi connectivity index (χ0) is 14.2. The summed E-state index contributed by atoms with van der Waals surface area (Å²) >= 11 is 3.35. The summed E-state index contributed by atoms with van der Waals surface area (Å²) in [6.45, 7) is 1.83. The Morgan fingerprint density at radius 2 is 2.00 bits per heavy atom. The van der Waals surface area contributed by atoms with E-state index >= 15 is 0 Å². The first-order valence-corrected chi connectivity index (χ1v) is 6.26. The minimum absolute atomic E-state index is 0.160. The summed E-state index contributed by atoms with van der Waals surface area (Å²) in [5.74, 6) is 0. The third-order valence-corrected chi connectivity index (χ3v) is 3.31. The summed E-state index contributed by atoms with van der Waals surface area (Å²) in [6.07, 6.45) is -3.16. The van der Waals surface area contributed by atoms with Crippen molar-refractivity contribution in [3.8, 4) is 5.69 Å². The number of benzene rings is 1. The van der Waals surface area contributed by atoms with Gasteiger partial charge >= 0.3 is 6.18 Å². The highest BCUT2D eigenvalue weighted by Gasteiger charge is 2.33. The maximum Gasteiger partial charge on any atom is 0.435 e. The predicted molar refractivity (Wildman–Crippen MR) is 68.9 cm³/mol. The van der Waals surface area contributed by atoms with Crippen molar-refractivity contribution in [1.82, 2.24) is 9.78 Å². The van der Waals surface area contributed by atoms with Crippen LogP contribution in [-0.2, 0) is 6.18 Å². The van der Waals surface area contributed by atoms with E-state index in [-0.39, 0.29) is 6.04 Å². The minimum atomic E-state index is -4.44. The van der Waals surface area contributed by atoms with E-state index in [0.29, 0.717) is 5.69 Å². The monoisotopic (exact) mass is 333 g/mol. The molecule has 0 saturated carbocycles. The summed E-state index contributed by atoms with van der Waals surface area (Å²) < 4.78 is 39.3. The lowest BCUT2D eigenvalue weighted by atomic mass is 10.1. The fourth-order valence-electron chi connectivity index (χ4n) is 1.65. The van der Waals surface area contributed by atoms with Gasteiger partial charge in [0, 0.05) is 16.7 Å². The molecule has 0 spiro atoms. The van der Waals surface area contributed by atoms with Crippen LogP contribution in [0.4, 0.5) is 13.2 Å². The number of hydrogen-bond acceptors (Lipinski definition) is 2. The van der Waals surface area contributed by atoms with Gasteiger partial charge in [-0.3, -0.25) is 0 Å². The number of alkyl halides is 3. The molecule has 1 aromatic heterocycles. The highest BCUT2D eigenvalue weighted by molar-refractivity contribution is 9.10. The van der Waals surface area contributed by atoms with Crippen LogP contribution in [0, 0.1) is 0 Å². The third kappa shape index (κ3) is 2.98. The molecule has 0 unspecified atom stereocenters. The van der Waals surface area contributed by atoms with E-state index in [2.05, 4.69) is 21.0 Å². The molecule has 2 rings (SSSR count). The fourth-order valence-corrected chi connectivity index (χ4v) is 2.37. The molecule has 0 aliphatic heterocycles. The van der Waals surface area contributed by atoms with E-state index in [1.165, 1.54) is 10.9 Å². The second kappa shape index (κ2) is 4.97. The molecule has 7 heteroatoms. The van der Waals surface area contributed by atoms with Crippen molar-refractivity contribution in [2.24, 2.45) is 5.73 Å². The van der Waals surface area contributed by atoms with Gasteiger partial charge in [0.1, 0.15) is 0 Å². The largest absolute Gasteiger partial charge is 0.435 e. The Hall–Kier alpha value is -1.34. The lowest BCUT2D eigenvalue weighted by Crippen LogP contribution is -2.08. The fraction of sp³-hybridized carbons (Fsp3) is 0.250. The van der Waals surface area contributed by atoms with Gasteiger partial charge in [0.15, 0.2) is 5.69 Å². The Morgan fingerprint density at radius 1 is 1.32 bits per heavy atom. The molecular weight excluding hydrogens is 323 g/mol. The van der Waals surface area contributed by atoms with Crippen LogP contribution in [0.5, 0.6) is 0 Å². The van der Waals surface area contributed by atoms with E-state index in [9.17, 15) is 13.2 Å². The molecule has 0 saturated heterocycles. The van der Waals surface area contributed by atoms with Crippen LogP contribution in [0.15, 0.2) is 34.9 Å². The van der Waals surface area contributed by atoms with Crippen molar-refractivity contribution >= 4 is 15.9 Å². The minimum Gasteiger partial charge on any atom is -0.324 e. The van der Waals surface area contributed by atoms with Gasteiger partial charge in [0.05, 0.1) is 5.69 Å². The van der Waals surface area contributed by atoms with E-state index in [0.717, 1.165) is 16.1 Å². The van der Waals surface area contributed by atoms with Gasteiger partial charge in [-0.05, 0) is 30.7 Å². The number of rotatable bonds is 2. The van der Waals surface area contributed by atoms with Crippen molar-refractivity contribution in [3.05, 3.63) is 46.2 Å². The van der Waals surface area contributed by atoms with Crippen LogP contribution in [0.2, 0.25) is 0 Å². The SMILES string of the molecule is C[C@H](N)c1ccc(-n2ccc(C(F)(F)F)n2)cc1Br. The summed E-state index contributed by atoms with van der Waals surface area (Å²) in [5.41, 5.74) is 6.26. The molecule has 102 valence electrons. The predicted octanol–water partition coefficient (Wildman–Crippen LogP) is 3.67. The average molecular weight is 334 g/mol. The first-order valence-electron chi connectivity index (χ1n) is 5.47. The molecule has 3 nitrogen and oxygen atoms in total. The topological polar surface area (TPSA) is 43.8 Å². The Bertz CT molecular complexity index is 590.